The number of halogens is 2. The molecule has 1 aromatic heterocycles. The van der Waals surface area contributed by atoms with Crippen LogP contribution in [0.25, 0.3) is 5.69 Å². The molecule has 1 amide bonds. The Balaban J connectivity index is 2.46. The molecule has 0 unspecified atom stereocenters. The normalized spacial score (nSPS) is 10.7. The number of aromatic nitrogens is 2. The van der Waals surface area contributed by atoms with Crippen molar-refractivity contribution in [3.63, 3.8) is 0 Å². The molecule has 19 heavy (non-hydrogen) atoms. The van der Waals surface area contributed by atoms with Gasteiger partial charge in [-0.25, -0.2) is 13.5 Å². The summed E-state index contributed by atoms with van der Waals surface area (Å²) in [6, 6.07) is 2.38. The van der Waals surface area contributed by atoms with Crippen LogP contribution in [0.1, 0.15) is 15.9 Å². The van der Waals surface area contributed by atoms with Crippen molar-refractivity contribution in [3.05, 3.63) is 47.3 Å². The summed E-state index contributed by atoms with van der Waals surface area (Å²) in [4.78, 5) is 10.9. The highest BCUT2D eigenvalue weighted by molar-refractivity contribution is 5.92. The number of benzene rings is 1. The quantitative estimate of drug-likeness (QED) is 0.856. The molecule has 0 aliphatic carbocycles. The van der Waals surface area contributed by atoms with Crippen LogP contribution in [0.15, 0.2) is 24.5 Å². The maximum Gasteiger partial charge on any atom is 0.251 e. The highest BCUT2D eigenvalue weighted by atomic mass is 19.1. The predicted molar refractivity (Wildman–Crippen MR) is 64.8 cm³/mol. The third kappa shape index (κ3) is 2.60. The molecule has 7 heteroatoms. The van der Waals surface area contributed by atoms with Gasteiger partial charge in [0, 0.05) is 6.20 Å². The Kier molecular flexibility index (Phi) is 3.57. The van der Waals surface area contributed by atoms with E-state index in [9.17, 15) is 13.6 Å². The lowest BCUT2D eigenvalue weighted by Gasteiger charge is -2.07. The molecule has 1 aromatic carbocycles. The zero-order valence-electron chi connectivity index (χ0n) is 9.94. The van der Waals surface area contributed by atoms with Crippen molar-refractivity contribution in [2.24, 2.45) is 11.5 Å². The summed E-state index contributed by atoms with van der Waals surface area (Å²) in [6.07, 6.45) is 2.70. The maximum atomic E-state index is 13.9. The summed E-state index contributed by atoms with van der Waals surface area (Å²) in [6.45, 7) is 0.297. The van der Waals surface area contributed by atoms with Gasteiger partial charge in [0.05, 0.1) is 11.8 Å². The van der Waals surface area contributed by atoms with E-state index in [1.54, 1.807) is 0 Å². The lowest BCUT2D eigenvalue weighted by Crippen LogP contribution is -2.10. The molecule has 0 spiro atoms. The molecule has 4 N–H and O–H groups in total. The fourth-order valence-electron chi connectivity index (χ4n) is 1.72. The van der Waals surface area contributed by atoms with Gasteiger partial charge in [-0.05, 0) is 30.7 Å². The number of hydrogen-bond donors (Lipinski definition) is 2. The van der Waals surface area contributed by atoms with E-state index in [4.69, 9.17) is 11.5 Å². The van der Waals surface area contributed by atoms with E-state index < -0.39 is 17.5 Å². The second-order valence-electron chi connectivity index (χ2n) is 3.98. The summed E-state index contributed by atoms with van der Waals surface area (Å²) in [5.74, 6) is -2.27. The first-order chi connectivity index (χ1) is 9.02. The summed E-state index contributed by atoms with van der Waals surface area (Å²) in [7, 11) is 0. The molecule has 5 nitrogen and oxygen atoms in total. The molecule has 0 radical (unpaired) electrons. The van der Waals surface area contributed by atoms with Gasteiger partial charge in [-0.1, -0.05) is 0 Å². The average Bonchev–Trinajstić information content (AvgIpc) is 2.78. The average molecular weight is 266 g/mol. The third-order valence-corrected chi connectivity index (χ3v) is 2.61. The Morgan fingerprint density at radius 2 is 1.95 bits per heavy atom. The van der Waals surface area contributed by atoms with E-state index in [0.29, 0.717) is 18.5 Å². The van der Waals surface area contributed by atoms with Gasteiger partial charge in [-0.15, -0.1) is 0 Å². The van der Waals surface area contributed by atoms with Crippen molar-refractivity contribution in [1.82, 2.24) is 9.78 Å². The third-order valence-electron chi connectivity index (χ3n) is 2.61. The molecule has 100 valence electrons. The first kappa shape index (κ1) is 13.2. The fraction of sp³-hybridized carbons (Fsp3) is 0.167. The van der Waals surface area contributed by atoms with Crippen molar-refractivity contribution in [1.29, 1.82) is 0 Å². The number of hydrogen-bond acceptors (Lipinski definition) is 3. The van der Waals surface area contributed by atoms with Gasteiger partial charge in [0.1, 0.15) is 5.69 Å². The second-order valence-corrected chi connectivity index (χ2v) is 3.98. The van der Waals surface area contributed by atoms with Gasteiger partial charge < -0.3 is 11.5 Å². The smallest absolute Gasteiger partial charge is 0.251 e. The van der Waals surface area contributed by atoms with Crippen molar-refractivity contribution in [3.8, 4) is 5.69 Å². The Hall–Kier alpha value is -2.28. The lowest BCUT2D eigenvalue weighted by molar-refractivity contribution is 0.100. The number of rotatable bonds is 4. The minimum atomic E-state index is -0.775. The van der Waals surface area contributed by atoms with Crippen molar-refractivity contribution < 1.29 is 13.6 Å². The number of carbonyl (C=O) groups is 1. The summed E-state index contributed by atoms with van der Waals surface area (Å²) in [5, 5.41) is 3.72. The fourth-order valence-corrected chi connectivity index (χ4v) is 1.72. The molecule has 0 saturated heterocycles. The zero-order valence-corrected chi connectivity index (χ0v) is 9.94. The van der Waals surface area contributed by atoms with E-state index in [1.807, 2.05) is 0 Å². The van der Waals surface area contributed by atoms with E-state index >= 15 is 0 Å². The zero-order chi connectivity index (χ0) is 14.0. The molecule has 0 atom stereocenters. The predicted octanol–water partition coefficient (Wildman–Crippen LogP) is 0.751. The van der Waals surface area contributed by atoms with Crippen molar-refractivity contribution in [2.45, 2.75) is 6.42 Å². The molecular weight excluding hydrogens is 254 g/mol. The number of primary amides is 1. The van der Waals surface area contributed by atoms with E-state index in [1.165, 1.54) is 18.3 Å². The Bertz CT molecular complexity index is 601. The van der Waals surface area contributed by atoms with Crippen molar-refractivity contribution in [2.75, 3.05) is 6.54 Å². The SMILES string of the molecule is NCCc1cc(F)c(-n2cc(C(N)=O)cn2)c(F)c1. The van der Waals surface area contributed by atoms with Crippen LogP contribution in [-0.2, 0) is 6.42 Å². The van der Waals surface area contributed by atoms with E-state index in [2.05, 4.69) is 5.10 Å². The molecule has 2 aromatic rings. The summed E-state index contributed by atoms with van der Waals surface area (Å²) >= 11 is 0. The molecule has 0 bridgehead atoms. The molecule has 0 aliphatic rings. The van der Waals surface area contributed by atoms with Crippen LogP contribution in [0.2, 0.25) is 0 Å². The van der Waals surface area contributed by atoms with Gasteiger partial charge in [0.25, 0.3) is 5.91 Å². The maximum absolute atomic E-state index is 13.9. The Morgan fingerprint density at radius 3 is 2.42 bits per heavy atom. The van der Waals surface area contributed by atoms with Crippen LogP contribution in [-0.4, -0.2) is 22.2 Å². The van der Waals surface area contributed by atoms with Crippen LogP contribution in [0.3, 0.4) is 0 Å². The lowest BCUT2D eigenvalue weighted by atomic mass is 10.1. The first-order valence-electron chi connectivity index (χ1n) is 5.55. The van der Waals surface area contributed by atoms with E-state index in [0.717, 1.165) is 10.9 Å². The Labute approximate surface area is 107 Å². The van der Waals surface area contributed by atoms with Crippen LogP contribution in [0, 0.1) is 11.6 Å². The minimum absolute atomic E-state index is 0.0739. The monoisotopic (exact) mass is 266 g/mol. The number of nitrogens with two attached hydrogens (primary N) is 2. The molecular formula is C12H12F2N4O. The number of amides is 1. The largest absolute Gasteiger partial charge is 0.366 e. The number of carbonyl (C=O) groups excluding carboxylic acids is 1. The van der Waals surface area contributed by atoms with Gasteiger partial charge in [-0.3, -0.25) is 4.79 Å². The van der Waals surface area contributed by atoms with Crippen LogP contribution < -0.4 is 11.5 Å². The van der Waals surface area contributed by atoms with Crippen LogP contribution in [0.4, 0.5) is 8.78 Å². The topological polar surface area (TPSA) is 86.9 Å². The van der Waals surface area contributed by atoms with Crippen LogP contribution >= 0.6 is 0 Å². The highest BCUT2D eigenvalue weighted by Gasteiger charge is 2.15. The van der Waals surface area contributed by atoms with Gasteiger partial charge in [0.15, 0.2) is 11.6 Å². The minimum Gasteiger partial charge on any atom is -0.366 e. The van der Waals surface area contributed by atoms with Gasteiger partial charge in [0.2, 0.25) is 0 Å². The van der Waals surface area contributed by atoms with Gasteiger partial charge in [-0.2, -0.15) is 5.10 Å². The molecule has 0 aliphatic heterocycles. The molecule has 0 fully saturated rings. The molecule has 0 saturated carbocycles. The first-order valence-corrected chi connectivity index (χ1v) is 5.55. The number of nitrogens with zero attached hydrogens (tertiary/aromatic N) is 2. The van der Waals surface area contributed by atoms with Gasteiger partial charge >= 0.3 is 0 Å². The standard InChI is InChI=1S/C12H12F2N4O/c13-9-3-7(1-2-15)4-10(14)11(9)18-6-8(5-17-18)12(16)19/h3-6H,1-2,15H2,(H2,16,19). The second kappa shape index (κ2) is 5.15. The van der Waals surface area contributed by atoms with Crippen molar-refractivity contribution >= 4 is 5.91 Å². The van der Waals surface area contributed by atoms with Crippen LogP contribution in [0.5, 0.6) is 0 Å². The molecule has 2 rings (SSSR count). The summed E-state index contributed by atoms with van der Waals surface area (Å²) < 4.78 is 28.7. The summed E-state index contributed by atoms with van der Waals surface area (Å²) in [5.41, 5.74) is 10.6. The van der Waals surface area contributed by atoms with E-state index in [-0.39, 0.29) is 11.3 Å². The molecule has 1 heterocycles. The Morgan fingerprint density at radius 1 is 1.32 bits per heavy atom. The highest BCUT2D eigenvalue weighted by Crippen LogP contribution is 2.20.